The molecule has 0 heterocycles. The molecule has 0 unspecified atom stereocenters. The highest BCUT2D eigenvalue weighted by Gasteiger charge is 2.29. The number of benzene rings is 1. The lowest BCUT2D eigenvalue weighted by atomic mass is 10.1. The first kappa shape index (κ1) is 13.5. The van der Waals surface area contributed by atoms with Crippen molar-refractivity contribution in [1.29, 1.82) is 5.26 Å². The zero-order valence-electron chi connectivity index (χ0n) is 9.05. The van der Waals surface area contributed by atoms with E-state index in [0.29, 0.717) is 5.56 Å². The van der Waals surface area contributed by atoms with Crippen molar-refractivity contribution in [1.82, 2.24) is 4.90 Å². The molecule has 0 aliphatic heterocycles. The number of nitrogens with zero attached hydrogens (tertiary/aromatic N) is 2. The van der Waals surface area contributed by atoms with Gasteiger partial charge in [0.25, 0.3) is 0 Å². The Kier molecular flexibility index (Phi) is 4.07. The van der Waals surface area contributed by atoms with Gasteiger partial charge in [-0.05, 0) is 30.8 Å². The summed E-state index contributed by atoms with van der Waals surface area (Å²) in [5.41, 5.74) is 0.439. The molecule has 0 fully saturated rings. The largest absolute Gasteiger partial charge is 0.401 e. The smallest absolute Gasteiger partial charge is 0.294 e. The Hall–Kier alpha value is -1.61. The van der Waals surface area contributed by atoms with Crippen molar-refractivity contribution in [3.63, 3.8) is 0 Å². The van der Waals surface area contributed by atoms with Gasteiger partial charge in [-0.15, -0.1) is 0 Å². The molecule has 0 atom stereocenters. The normalized spacial score (nSPS) is 11.6. The van der Waals surface area contributed by atoms with E-state index >= 15 is 0 Å². The Balaban J connectivity index is 2.75. The Labute approximate surface area is 96.1 Å². The average Bonchev–Trinajstić information content (AvgIpc) is 2.13. The molecule has 0 saturated carbocycles. The van der Waals surface area contributed by atoms with E-state index in [2.05, 4.69) is 0 Å². The van der Waals surface area contributed by atoms with Crippen molar-refractivity contribution in [2.75, 3.05) is 13.6 Å². The van der Waals surface area contributed by atoms with E-state index in [1.165, 1.54) is 13.1 Å². The lowest BCUT2D eigenvalue weighted by molar-refractivity contribution is -0.144. The fourth-order valence-electron chi connectivity index (χ4n) is 1.48. The zero-order chi connectivity index (χ0) is 13.1. The highest BCUT2D eigenvalue weighted by atomic mass is 19.4. The van der Waals surface area contributed by atoms with E-state index in [9.17, 15) is 17.6 Å². The van der Waals surface area contributed by atoms with Crippen LogP contribution in [0.2, 0.25) is 0 Å². The molecule has 0 aliphatic rings. The fraction of sp³-hybridized carbons (Fsp3) is 0.364. The lowest BCUT2D eigenvalue weighted by Crippen LogP contribution is -2.30. The second-order valence-electron chi connectivity index (χ2n) is 3.75. The van der Waals surface area contributed by atoms with Gasteiger partial charge in [-0.25, -0.2) is 4.39 Å². The van der Waals surface area contributed by atoms with E-state index in [1.54, 1.807) is 6.07 Å². The maximum atomic E-state index is 13.0. The molecular weight excluding hydrogens is 236 g/mol. The monoisotopic (exact) mass is 246 g/mol. The van der Waals surface area contributed by atoms with E-state index in [0.717, 1.165) is 17.0 Å². The Morgan fingerprint density at radius 2 is 1.94 bits per heavy atom. The summed E-state index contributed by atoms with van der Waals surface area (Å²) in [6.45, 7) is -1.14. The van der Waals surface area contributed by atoms with Crippen LogP contribution in [0.3, 0.4) is 0 Å². The van der Waals surface area contributed by atoms with Gasteiger partial charge in [-0.3, -0.25) is 4.90 Å². The summed E-state index contributed by atoms with van der Waals surface area (Å²) in [4.78, 5) is 1.01. The molecule has 1 aromatic carbocycles. The van der Waals surface area contributed by atoms with Crippen molar-refractivity contribution in [2.45, 2.75) is 12.7 Å². The molecule has 0 bridgehead atoms. The highest BCUT2D eigenvalue weighted by molar-refractivity contribution is 5.33. The van der Waals surface area contributed by atoms with E-state index in [-0.39, 0.29) is 12.1 Å². The van der Waals surface area contributed by atoms with Crippen LogP contribution < -0.4 is 0 Å². The van der Waals surface area contributed by atoms with Gasteiger partial charge in [-0.1, -0.05) is 0 Å². The summed E-state index contributed by atoms with van der Waals surface area (Å²) < 4.78 is 49.2. The predicted molar refractivity (Wildman–Crippen MR) is 53.5 cm³/mol. The first-order valence-corrected chi connectivity index (χ1v) is 4.75. The van der Waals surface area contributed by atoms with Gasteiger partial charge in [0.1, 0.15) is 5.82 Å². The molecule has 0 aromatic heterocycles. The first-order chi connectivity index (χ1) is 7.80. The van der Waals surface area contributed by atoms with E-state index < -0.39 is 18.5 Å². The quantitative estimate of drug-likeness (QED) is 0.767. The van der Waals surface area contributed by atoms with Gasteiger partial charge >= 0.3 is 6.18 Å². The minimum atomic E-state index is -4.29. The number of hydrogen-bond donors (Lipinski definition) is 0. The summed E-state index contributed by atoms with van der Waals surface area (Å²) in [5.74, 6) is -0.626. The molecule has 0 spiro atoms. The number of nitriles is 1. The zero-order valence-corrected chi connectivity index (χ0v) is 9.05. The molecule has 0 amide bonds. The molecule has 0 N–H and O–H groups in total. The predicted octanol–water partition coefficient (Wildman–Crippen LogP) is 2.69. The van der Waals surface area contributed by atoms with Crippen LogP contribution in [-0.4, -0.2) is 24.7 Å². The molecular formula is C11H10F4N2. The number of halogens is 4. The SMILES string of the molecule is CN(Cc1cc(F)cc(C#N)c1)CC(F)(F)F. The second kappa shape index (κ2) is 5.15. The van der Waals surface area contributed by atoms with Crippen molar-refractivity contribution in [3.05, 3.63) is 35.1 Å². The third-order valence-corrected chi connectivity index (χ3v) is 1.99. The van der Waals surface area contributed by atoms with Crippen LogP contribution >= 0.6 is 0 Å². The molecule has 92 valence electrons. The van der Waals surface area contributed by atoms with Gasteiger partial charge < -0.3 is 0 Å². The maximum absolute atomic E-state index is 13.0. The lowest BCUT2D eigenvalue weighted by Gasteiger charge is -2.18. The third-order valence-electron chi connectivity index (χ3n) is 1.99. The Morgan fingerprint density at radius 3 is 2.47 bits per heavy atom. The molecule has 2 nitrogen and oxygen atoms in total. The van der Waals surface area contributed by atoms with Crippen LogP contribution in [0.4, 0.5) is 17.6 Å². The van der Waals surface area contributed by atoms with Crippen LogP contribution in [0.1, 0.15) is 11.1 Å². The van der Waals surface area contributed by atoms with Gasteiger partial charge in [0.05, 0.1) is 18.2 Å². The maximum Gasteiger partial charge on any atom is 0.401 e. The van der Waals surface area contributed by atoms with Gasteiger partial charge in [0, 0.05) is 6.54 Å². The van der Waals surface area contributed by atoms with Crippen LogP contribution in [0, 0.1) is 17.1 Å². The average molecular weight is 246 g/mol. The highest BCUT2D eigenvalue weighted by Crippen LogP contribution is 2.17. The van der Waals surface area contributed by atoms with Crippen molar-refractivity contribution in [2.24, 2.45) is 0 Å². The van der Waals surface area contributed by atoms with Crippen molar-refractivity contribution >= 4 is 0 Å². The summed E-state index contributed by atoms with van der Waals surface area (Å²) >= 11 is 0. The van der Waals surface area contributed by atoms with Gasteiger partial charge in [-0.2, -0.15) is 18.4 Å². The number of rotatable bonds is 3. The van der Waals surface area contributed by atoms with Crippen LogP contribution in [0.5, 0.6) is 0 Å². The van der Waals surface area contributed by atoms with Gasteiger partial charge in [0.15, 0.2) is 0 Å². The number of hydrogen-bond acceptors (Lipinski definition) is 2. The minimum absolute atomic E-state index is 0.0635. The standard InChI is InChI=1S/C11H10F4N2/c1-17(7-11(13,14)15)6-9-2-8(5-16)3-10(12)4-9/h2-4H,6-7H2,1H3. The molecule has 6 heteroatoms. The molecule has 0 aliphatic carbocycles. The molecule has 1 rings (SSSR count). The van der Waals surface area contributed by atoms with Crippen LogP contribution in [0.15, 0.2) is 18.2 Å². The summed E-state index contributed by atoms with van der Waals surface area (Å²) in [7, 11) is 1.28. The minimum Gasteiger partial charge on any atom is -0.294 e. The van der Waals surface area contributed by atoms with Crippen molar-refractivity contribution < 1.29 is 17.6 Å². The molecule has 17 heavy (non-hydrogen) atoms. The summed E-state index contributed by atoms with van der Waals surface area (Å²) in [6.07, 6.45) is -4.29. The molecule has 0 saturated heterocycles. The Morgan fingerprint density at radius 1 is 1.29 bits per heavy atom. The van der Waals surface area contributed by atoms with Crippen LogP contribution in [-0.2, 0) is 6.54 Å². The van der Waals surface area contributed by atoms with E-state index in [4.69, 9.17) is 5.26 Å². The topological polar surface area (TPSA) is 27.0 Å². The van der Waals surface area contributed by atoms with E-state index in [1.807, 2.05) is 0 Å². The second-order valence-corrected chi connectivity index (χ2v) is 3.75. The van der Waals surface area contributed by atoms with Crippen LogP contribution in [0.25, 0.3) is 0 Å². The fourth-order valence-corrected chi connectivity index (χ4v) is 1.48. The molecule has 0 radical (unpaired) electrons. The summed E-state index contributed by atoms with van der Waals surface area (Å²) in [5, 5.41) is 8.60. The number of alkyl halides is 3. The third kappa shape index (κ3) is 4.83. The first-order valence-electron chi connectivity index (χ1n) is 4.75. The Bertz CT molecular complexity index is 434. The molecule has 1 aromatic rings. The van der Waals surface area contributed by atoms with Crippen molar-refractivity contribution in [3.8, 4) is 6.07 Å². The summed E-state index contributed by atoms with van der Waals surface area (Å²) in [6, 6.07) is 5.27. The van der Waals surface area contributed by atoms with Gasteiger partial charge in [0.2, 0.25) is 0 Å².